The first-order valence-corrected chi connectivity index (χ1v) is 13.4. The number of aliphatic hydroxyl groups is 1. The molecule has 1 heterocycles. The molecule has 198 valence electrons. The number of thioether (sulfide) groups is 1. The van der Waals surface area contributed by atoms with Gasteiger partial charge in [-0.1, -0.05) is 60.2 Å². The molecule has 3 rings (SSSR count). The molecule has 3 N–H and O–H groups in total. The number of hydrogen-bond donors (Lipinski definition) is 3. The maximum absolute atomic E-state index is 13.6. The predicted octanol–water partition coefficient (Wildman–Crippen LogP) is 3.35. The zero-order valence-electron chi connectivity index (χ0n) is 22.2. The Hall–Kier alpha value is -3.10. The first-order chi connectivity index (χ1) is 17.5. The van der Waals surface area contributed by atoms with Crippen LogP contribution in [0.15, 0.2) is 66.2 Å². The minimum atomic E-state index is -1.52. The number of allylic oxidation sites excluding steroid dienone is 1. The lowest BCUT2D eigenvalue weighted by Crippen LogP contribution is -2.58. The molecule has 1 aliphatic heterocycles. The summed E-state index contributed by atoms with van der Waals surface area (Å²) in [4.78, 5) is 41.0. The van der Waals surface area contributed by atoms with Gasteiger partial charge in [0.25, 0.3) is 5.91 Å². The molecule has 1 saturated heterocycles. The molecular weight excluding hydrogens is 486 g/mol. The molecule has 3 atom stereocenters. The third-order valence-corrected chi connectivity index (χ3v) is 7.85. The van der Waals surface area contributed by atoms with E-state index in [1.807, 2.05) is 75.4 Å². The number of aliphatic hydroxyl groups excluding tert-OH is 1. The van der Waals surface area contributed by atoms with Gasteiger partial charge in [0.2, 0.25) is 11.8 Å². The van der Waals surface area contributed by atoms with Gasteiger partial charge >= 0.3 is 0 Å². The first-order valence-electron chi connectivity index (χ1n) is 12.4. The van der Waals surface area contributed by atoms with Crippen LogP contribution in [0.5, 0.6) is 0 Å². The summed E-state index contributed by atoms with van der Waals surface area (Å²) in [5.74, 6) is -0.957. The highest BCUT2D eigenvalue weighted by atomic mass is 32.2. The first kappa shape index (κ1) is 28.5. The SMILES string of the molecule is CC(C)=CC(=O)NC(Cc1ccccc1)C(O)C(=O)N1CSC(C)(C)C1C(=O)NCc1ccccc1C. The smallest absolute Gasteiger partial charge is 0.254 e. The Bertz CT molecular complexity index is 1140. The molecule has 1 aliphatic rings. The van der Waals surface area contributed by atoms with Gasteiger partial charge in [0, 0.05) is 17.4 Å². The van der Waals surface area contributed by atoms with Crippen LogP contribution in [-0.4, -0.2) is 56.5 Å². The Morgan fingerprint density at radius 3 is 2.41 bits per heavy atom. The van der Waals surface area contributed by atoms with E-state index in [2.05, 4.69) is 10.6 Å². The summed E-state index contributed by atoms with van der Waals surface area (Å²) in [6.45, 7) is 9.79. The topological polar surface area (TPSA) is 98.7 Å². The Morgan fingerprint density at radius 1 is 1.11 bits per heavy atom. The predicted molar refractivity (Wildman–Crippen MR) is 148 cm³/mol. The number of nitrogens with one attached hydrogen (secondary N) is 2. The van der Waals surface area contributed by atoms with Crippen LogP contribution in [0, 0.1) is 6.92 Å². The Kier molecular flexibility index (Phi) is 9.56. The van der Waals surface area contributed by atoms with Gasteiger partial charge in [-0.25, -0.2) is 0 Å². The van der Waals surface area contributed by atoms with Gasteiger partial charge in [-0.15, -0.1) is 11.8 Å². The minimum absolute atomic E-state index is 0.268. The van der Waals surface area contributed by atoms with Crippen LogP contribution >= 0.6 is 11.8 Å². The minimum Gasteiger partial charge on any atom is -0.381 e. The number of aryl methyl sites for hydroxylation is 1. The van der Waals surface area contributed by atoms with Crippen LogP contribution in [0.25, 0.3) is 0 Å². The second kappa shape index (κ2) is 12.4. The van der Waals surface area contributed by atoms with E-state index in [1.54, 1.807) is 13.8 Å². The average molecular weight is 524 g/mol. The van der Waals surface area contributed by atoms with Crippen molar-refractivity contribution in [2.24, 2.45) is 0 Å². The molecule has 3 amide bonds. The molecule has 0 spiro atoms. The van der Waals surface area contributed by atoms with Gasteiger partial charge in [0.15, 0.2) is 6.10 Å². The maximum atomic E-state index is 13.6. The monoisotopic (exact) mass is 523 g/mol. The van der Waals surface area contributed by atoms with Gasteiger partial charge in [-0.2, -0.15) is 0 Å². The maximum Gasteiger partial charge on any atom is 0.254 e. The number of hydrogen-bond acceptors (Lipinski definition) is 5. The summed E-state index contributed by atoms with van der Waals surface area (Å²) in [7, 11) is 0. The number of carbonyl (C=O) groups excluding carboxylic acids is 3. The highest BCUT2D eigenvalue weighted by Gasteiger charge is 2.49. The third kappa shape index (κ3) is 7.46. The van der Waals surface area contributed by atoms with E-state index in [-0.39, 0.29) is 24.1 Å². The molecule has 7 nitrogen and oxygen atoms in total. The lowest BCUT2D eigenvalue weighted by atomic mass is 9.97. The van der Waals surface area contributed by atoms with E-state index in [0.29, 0.717) is 6.54 Å². The van der Waals surface area contributed by atoms with Crippen molar-refractivity contribution >= 4 is 29.5 Å². The van der Waals surface area contributed by atoms with E-state index in [4.69, 9.17) is 0 Å². The number of amides is 3. The molecule has 2 aromatic rings. The van der Waals surface area contributed by atoms with Crippen molar-refractivity contribution in [2.45, 2.75) is 70.5 Å². The summed E-state index contributed by atoms with van der Waals surface area (Å²) in [6.07, 6.45) is 0.187. The van der Waals surface area contributed by atoms with Crippen molar-refractivity contribution in [1.29, 1.82) is 0 Å². The van der Waals surface area contributed by atoms with Crippen molar-refractivity contribution in [3.63, 3.8) is 0 Å². The fraction of sp³-hybridized carbons (Fsp3) is 0.414. The second-order valence-electron chi connectivity index (χ2n) is 10.2. The van der Waals surface area contributed by atoms with E-state index < -0.39 is 28.8 Å². The average Bonchev–Trinajstić information content (AvgIpc) is 3.17. The summed E-state index contributed by atoms with van der Waals surface area (Å²) >= 11 is 1.49. The molecule has 0 aliphatic carbocycles. The molecule has 8 heteroatoms. The van der Waals surface area contributed by atoms with Crippen LogP contribution in [0.2, 0.25) is 0 Å². The van der Waals surface area contributed by atoms with Gasteiger partial charge in [0.1, 0.15) is 6.04 Å². The summed E-state index contributed by atoms with van der Waals surface area (Å²) in [5.41, 5.74) is 3.75. The van der Waals surface area contributed by atoms with Gasteiger partial charge in [0.05, 0.1) is 11.9 Å². The number of benzene rings is 2. The van der Waals surface area contributed by atoms with Crippen LogP contribution < -0.4 is 10.6 Å². The van der Waals surface area contributed by atoms with Crippen molar-refractivity contribution in [3.05, 3.63) is 82.9 Å². The van der Waals surface area contributed by atoms with Crippen molar-refractivity contribution < 1.29 is 19.5 Å². The van der Waals surface area contributed by atoms with Crippen molar-refractivity contribution in [2.75, 3.05) is 5.88 Å². The summed E-state index contributed by atoms with van der Waals surface area (Å²) in [5, 5.41) is 17.0. The Balaban J connectivity index is 1.80. The third-order valence-electron chi connectivity index (χ3n) is 6.47. The lowest BCUT2D eigenvalue weighted by molar-refractivity contribution is -0.147. The van der Waals surface area contributed by atoms with Gasteiger partial charge < -0.3 is 20.6 Å². The van der Waals surface area contributed by atoms with Gasteiger partial charge in [-0.3, -0.25) is 14.4 Å². The Morgan fingerprint density at radius 2 is 1.76 bits per heavy atom. The highest BCUT2D eigenvalue weighted by Crippen LogP contribution is 2.40. The number of nitrogens with zero attached hydrogens (tertiary/aromatic N) is 1. The molecule has 0 aromatic heterocycles. The molecule has 0 saturated carbocycles. The molecule has 3 unspecified atom stereocenters. The largest absolute Gasteiger partial charge is 0.381 e. The van der Waals surface area contributed by atoms with E-state index in [9.17, 15) is 19.5 Å². The van der Waals surface area contributed by atoms with E-state index >= 15 is 0 Å². The Labute approximate surface area is 223 Å². The van der Waals surface area contributed by atoms with Crippen LogP contribution in [-0.2, 0) is 27.3 Å². The zero-order chi connectivity index (χ0) is 27.2. The highest BCUT2D eigenvalue weighted by molar-refractivity contribution is 8.00. The molecule has 0 bridgehead atoms. The summed E-state index contributed by atoms with van der Waals surface area (Å²) < 4.78 is -0.550. The molecule has 1 fully saturated rings. The second-order valence-corrected chi connectivity index (χ2v) is 11.8. The fourth-order valence-electron chi connectivity index (χ4n) is 4.44. The van der Waals surface area contributed by atoms with E-state index in [0.717, 1.165) is 22.3 Å². The fourth-order valence-corrected chi connectivity index (χ4v) is 5.58. The van der Waals surface area contributed by atoms with E-state index in [1.165, 1.54) is 22.7 Å². The quantitative estimate of drug-likeness (QED) is 0.438. The molecule has 2 aromatic carbocycles. The van der Waals surface area contributed by atoms with Gasteiger partial charge in [-0.05, 0) is 57.7 Å². The van der Waals surface area contributed by atoms with Crippen molar-refractivity contribution in [3.8, 4) is 0 Å². The standard InChI is InChI=1S/C29H37N3O4S/c1-19(2)15-24(33)31-23(16-21-12-7-6-8-13-21)25(34)28(36)32-18-37-29(4,5)26(32)27(35)30-17-22-14-10-9-11-20(22)3/h6-15,23,25-26,34H,16-18H2,1-5H3,(H,30,35)(H,31,33). The molecular formula is C29H37N3O4S. The zero-order valence-corrected chi connectivity index (χ0v) is 23.0. The summed E-state index contributed by atoms with van der Waals surface area (Å²) in [6, 6.07) is 15.6. The lowest BCUT2D eigenvalue weighted by Gasteiger charge is -2.33. The molecule has 37 heavy (non-hydrogen) atoms. The van der Waals surface area contributed by atoms with Crippen LogP contribution in [0.1, 0.15) is 44.4 Å². The normalized spacial score (nSPS) is 18.0. The van der Waals surface area contributed by atoms with Crippen LogP contribution in [0.4, 0.5) is 0 Å². The number of rotatable bonds is 9. The molecule has 0 radical (unpaired) electrons. The van der Waals surface area contributed by atoms with Crippen molar-refractivity contribution in [1.82, 2.24) is 15.5 Å². The van der Waals surface area contributed by atoms with Crippen LogP contribution in [0.3, 0.4) is 0 Å². The number of carbonyl (C=O) groups is 3.